The highest BCUT2D eigenvalue weighted by atomic mass is 16.2. The summed E-state index contributed by atoms with van der Waals surface area (Å²) >= 11 is 0. The summed E-state index contributed by atoms with van der Waals surface area (Å²) in [6.45, 7) is 6.55. The summed E-state index contributed by atoms with van der Waals surface area (Å²) in [6.07, 6.45) is 11.6. The molecule has 1 aromatic heterocycles. The third-order valence-corrected chi connectivity index (χ3v) is 8.71. The van der Waals surface area contributed by atoms with Crippen molar-refractivity contribution in [1.29, 1.82) is 0 Å². The number of piperidine rings is 4. The van der Waals surface area contributed by atoms with Crippen LogP contribution in [0.4, 0.5) is 0 Å². The number of carbonyl (C=O) groups excluding carboxylic acids is 1. The van der Waals surface area contributed by atoms with Gasteiger partial charge in [0.05, 0.1) is 0 Å². The molecule has 0 aliphatic carbocycles. The molecule has 4 aliphatic heterocycles. The van der Waals surface area contributed by atoms with Crippen LogP contribution in [-0.4, -0.2) is 52.0 Å². The van der Waals surface area contributed by atoms with E-state index in [2.05, 4.69) is 70.0 Å². The zero-order valence-electron chi connectivity index (χ0n) is 19.2. The molecule has 0 spiro atoms. The summed E-state index contributed by atoms with van der Waals surface area (Å²) in [5, 5.41) is 0. The first-order valence-corrected chi connectivity index (χ1v) is 12.6. The van der Waals surface area contributed by atoms with Crippen LogP contribution in [0.2, 0.25) is 0 Å². The Hall–Kier alpha value is -2.33. The first-order valence-electron chi connectivity index (χ1n) is 12.6. The van der Waals surface area contributed by atoms with Gasteiger partial charge in [0.25, 0.3) is 0 Å². The molecule has 1 amide bonds. The van der Waals surface area contributed by atoms with Crippen molar-refractivity contribution in [2.45, 2.75) is 64.1 Å². The SMILES string of the molecule is Cc1ccccc1Cn1cccc1/C=C1\CC[C@@H]2[C@H]3CCCN4CCC[C@@H](CN2C1=O)[C@@H]34. The molecule has 2 aromatic rings. The van der Waals surface area contributed by atoms with Gasteiger partial charge in [0.15, 0.2) is 0 Å². The maximum Gasteiger partial charge on any atom is 0.250 e. The Morgan fingerprint density at radius 2 is 1.88 bits per heavy atom. The number of benzene rings is 1. The lowest BCUT2D eigenvalue weighted by molar-refractivity contribution is -0.145. The van der Waals surface area contributed by atoms with Gasteiger partial charge in [0, 0.05) is 42.6 Å². The molecule has 0 radical (unpaired) electrons. The second-order valence-corrected chi connectivity index (χ2v) is 10.5. The Balaban J connectivity index is 1.25. The zero-order chi connectivity index (χ0) is 21.7. The predicted molar refractivity (Wildman–Crippen MR) is 128 cm³/mol. The van der Waals surface area contributed by atoms with Crippen LogP contribution in [0.25, 0.3) is 6.08 Å². The molecule has 0 saturated carbocycles. The first kappa shape index (κ1) is 20.3. The number of hydrogen-bond acceptors (Lipinski definition) is 2. The van der Waals surface area contributed by atoms with Gasteiger partial charge < -0.3 is 9.47 Å². The van der Waals surface area contributed by atoms with E-state index < -0.39 is 0 Å². The number of aryl methyl sites for hydroxylation is 1. The van der Waals surface area contributed by atoms with Gasteiger partial charge in [0.2, 0.25) is 5.91 Å². The van der Waals surface area contributed by atoms with Gasteiger partial charge in [-0.1, -0.05) is 24.3 Å². The molecule has 4 atom stereocenters. The first-order chi connectivity index (χ1) is 15.7. The number of nitrogens with zero attached hydrogens (tertiary/aromatic N) is 3. The van der Waals surface area contributed by atoms with E-state index in [1.54, 1.807) is 0 Å². The molecule has 6 rings (SSSR count). The second kappa shape index (κ2) is 8.22. The van der Waals surface area contributed by atoms with Crippen molar-refractivity contribution in [3.8, 4) is 0 Å². The van der Waals surface area contributed by atoms with E-state index in [9.17, 15) is 4.79 Å². The highest BCUT2D eigenvalue weighted by Crippen LogP contribution is 2.45. The standard InChI is InChI=1S/C28H35N3O/c1-20-7-2-3-8-22(20)18-30-16-5-10-24(30)17-21-12-13-26-25-11-6-15-29-14-4-9-23(27(25)29)19-31(26)28(21)32/h2-3,5,7-8,10,16-17,23,25-27H,4,6,9,11-15,18-19H2,1H3/b21-17+/t23-,25+,26+,27-/m0/s1. The number of carbonyl (C=O) groups is 1. The molecule has 5 heterocycles. The van der Waals surface area contributed by atoms with Gasteiger partial charge >= 0.3 is 0 Å². The third kappa shape index (κ3) is 3.44. The smallest absolute Gasteiger partial charge is 0.250 e. The van der Waals surface area contributed by atoms with Crippen LogP contribution in [-0.2, 0) is 11.3 Å². The van der Waals surface area contributed by atoms with Crippen molar-refractivity contribution in [3.05, 3.63) is 65.0 Å². The summed E-state index contributed by atoms with van der Waals surface area (Å²) in [7, 11) is 0. The second-order valence-electron chi connectivity index (χ2n) is 10.5. The van der Waals surface area contributed by atoms with Crippen LogP contribution in [0.5, 0.6) is 0 Å². The zero-order valence-corrected chi connectivity index (χ0v) is 19.2. The van der Waals surface area contributed by atoms with E-state index in [0.29, 0.717) is 23.8 Å². The van der Waals surface area contributed by atoms with Crippen molar-refractivity contribution in [2.75, 3.05) is 19.6 Å². The number of fused-ring (bicyclic) bond motifs is 2. The minimum atomic E-state index is 0.311. The van der Waals surface area contributed by atoms with Gasteiger partial charge in [0.1, 0.15) is 0 Å². The van der Waals surface area contributed by atoms with Gasteiger partial charge in [-0.05, 0) is 99.7 Å². The fraction of sp³-hybridized carbons (Fsp3) is 0.536. The Morgan fingerprint density at radius 3 is 2.75 bits per heavy atom. The molecule has 168 valence electrons. The fourth-order valence-corrected chi connectivity index (χ4v) is 7.18. The monoisotopic (exact) mass is 429 g/mol. The maximum absolute atomic E-state index is 13.7. The predicted octanol–water partition coefficient (Wildman–Crippen LogP) is 4.72. The molecule has 4 nitrogen and oxygen atoms in total. The average Bonchev–Trinajstić information content (AvgIpc) is 3.24. The van der Waals surface area contributed by atoms with Crippen molar-refractivity contribution in [2.24, 2.45) is 11.8 Å². The largest absolute Gasteiger partial charge is 0.344 e. The van der Waals surface area contributed by atoms with E-state index in [0.717, 1.165) is 43.2 Å². The Kier molecular flexibility index (Phi) is 5.21. The van der Waals surface area contributed by atoms with E-state index in [1.165, 1.54) is 49.9 Å². The molecular formula is C28H35N3O. The van der Waals surface area contributed by atoms with Crippen LogP contribution < -0.4 is 0 Å². The van der Waals surface area contributed by atoms with Crippen LogP contribution in [0.1, 0.15) is 55.3 Å². The van der Waals surface area contributed by atoms with Gasteiger partial charge in [-0.2, -0.15) is 0 Å². The molecule has 32 heavy (non-hydrogen) atoms. The summed E-state index contributed by atoms with van der Waals surface area (Å²) in [6, 6.07) is 14.0. The van der Waals surface area contributed by atoms with E-state index in [4.69, 9.17) is 0 Å². The normalized spacial score (nSPS) is 31.5. The molecule has 4 aliphatic rings. The maximum atomic E-state index is 13.7. The van der Waals surface area contributed by atoms with Crippen molar-refractivity contribution >= 4 is 12.0 Å². The van der Waals surface area contributed by atoms with E-state index in [-0.39, 0.29) is 0 Å². The van der Waals surface area contributed by atoms with E-state index in [1.807, 2.05) is 0 Å². The Bertz CT molecular complexity index is 1030. The molecule has 4 fully saturated rings. The number of amides is 1. The molecule has 1 aromatic carbocycles. The summed E-state index contributed by atoms with van der Waals surface area (Å²) in [5.41, 5.74) is 4.80. The molecule has 0 N–H and O–H groups in total. The number of hydrogen-bond donors (Lipinski definition) is 0. The van der Waals surface area contributed by atoms with Crippen LogP contribution >= 0.6 is 0 Å². The van der Waals surface area contributed by atoms with Gasteiger partial charge in [-0.15, -0.1) is 0 Å². The third-order valence-electron chi connectivity index (χ3n) is 8.71. The molecule has 4 saturated heterocycles. The molecule has 0 unspecified atom stereocenters. The topological polar surface area (TPSA) is 28.5 Å². The van der Waals surface area contributed by atoms with Gasteiger partial charge in [-0.25, -0.2) is 0 Å². The van der Waals surface area contributed by atoms with E-state index >= 15 is 0 Å². The Labute approximate surface area is 191 Å². The summed E-state index contributed by atoms with van der Waals surface area (Å²) in [4.78, 5) is 18.7. The highest BCUT2D eigenvalue weighted by molar-refractivity contribution is 5.98. The quantitative estimate of drug-likeness (QED) is 0.661. The fourth-order valence-electron chi connectivity index (χ4n) is 7.18. The minimum absolute atomic E-state index is 0.311. The van der Waals surface area contributed by atoms with Crippen molar-refractivity contribution < 1.29 is 4.79 Å². The molecule has 0 bridgehead atoms. The minimum Gasteiger partial charge on any atom is -0.344 e. The molecule has 4 heteroatoms. The van der Waals surface area contributed by atoms with Crippen molar-refractivity contribution in [3.63, 3.8) is 0 Å². The lowest BCUT2D eigenvalue weighted by Gasteiger charge is -2.58. The van der Waals surface area contributed by atoms with Gasteiger partial charge in [-0.3, -0.25) is 9.69 Å². The average molecular weight is 430 g/mol. The summed E-state index contributed by atoms with van der Waals surface area (Å²) < 4.78 is 2.28. The van der Waals surface area contributed by atoms with Crippen LogP contribution in [0.3, 0.4) is 0 Å². The van der Waals surface area contributed by atoms with Crippen molar-refractivity contribution in [1.82, 2.24) is 14.4 Å². The van der Waals surface area contributed by atoms with Crippen LogP contribution in [0, 0.1) is 18.8 Å². The number of rotatable bonds is 3. The number of aromatic nitrogens is 1. The highest BCUT2D eigenvalue weighted by Gasteiger charge is 2.51. The molecular weight excluding hydrogens is 394 g/mol. The summed E-state index contributed by atoms with van der Waals surface area (Å²) in [5.74, 6) is 1.68. The van der Waals surface area contributed by atoms with Crippen LogP contribution in [0.15, 0.2) is 48.2 Å². The lowest BCUT2D eigenvalue weighted by Crippen LogP contribution is -2.66. The Morgan fingerprint density at radius 1 is 1.03 bits per heavy atom. The lowest BCUT2D eigenvalue weighted by atomic mass is 9.67.